The molecule has 0 aliphatic rings. The molecule has 0 aliphatic heterocycles. The fraction of sp³-hybridized carbons (Fsp3) is 0.0714. The van der Waals surface area contributed by atoms with E-state index >= 15 is 0 Å². The van der Waals surface area contributed by atoms with Gasteiger partial charge in [0.15, 0.2) is 11.6 Å². The number of ether oxygens (including phenoxy) is 2. The molecule has 4 rings (SSSR count). The average molecular weight is 456 g/mol. The summed E-state index contributed by atoms with van der Waals surface area (Å²) >= 11 is 0. The number of rotatable bonds is 6. The third-order valence-electron chi connectivity index (χ3n) is 4.97. The normalized spacial score (nSPS) is 9.94. The molecule has 6 nitrogen and oxygen atoms in total. The summed E-state index contributed by atoms with van der Waals surface area (Å²) in [5.74, 6) is 0.0710. The van der Waals surface area contributed by atoms with Crippen LogP contribution < -0.4 is 9.47 Å². The largest absolute Gasteiger partial charge is 0.507 e. The van der Waals surface area contributed by atoms with Crippen LogP contribution in [-0.4, -0.2) is 36.0 Å². The number of ketones is 2. The van der Waals surface area contributed by atoms with Crippen LogP contribution in [0.2, 0.25) is 0 Å². The van der Waals surface area contributed by atoms with Gasteiger partial charge in [0, 0.05) is 23.3 Å². The molecule has 4 aromatic carbocycles. The van der Waals surface area contributed by atoms with E-state index in [0.717, 1.165) is 11.1 Å². The molecular formula is C28H24O6. The molecule has 0 aromatic heterocycles. The molecule has 0 saturated heterocycles. The molecule has 0 heterocycles. The summed E-state index contributed by atoms with van der Waals surface area (Å²) < 4.78 is 9.90. The average Bonchev–Trinajstić information content (AvgIpc) is 2.89. The quantitative estimate of drug-likeness (QED) is 0.384. The van der Waals surface area contributed by atoms with Crippen LogP contribution in [0.25, 0.3) is 0 Å². The fourth-order valence-electron chi connectivity index (χ4n) is 3.15. The van der Waals surface area contributed by atoms with Crippen molar-refractivity contribution in [3.63, 3.8) is 0 Å². The monoisotopic (exact) mass is 456 g/mol. The molecule has 0 atom stereocenters. The van der Waals surface area contributed by atoms with E-state index in [0.29, 0.717) is 11.5 Å². The SMILES string of the molecule is COc1ccc(C(=O)c2ccc(OC)cc2O)c(O)c1.O=C(c1ccccc1)c1ccccc1. The summed E-state index contributed by atoms with van der Waals surface area (Å²) in [6.07, 6.45) is 0. The van der Waals surface area contributed by atoms with Crippen molar-refractivity contribution < 1.29 is 29.3 Å². The number of carbonyl (C=O) groups is 2. The first-order chi connectivity index (χ1) is 16.4. The summed E-state index contributed by atoms with van der Waals surface area (Å²) in [5, 5.41) is 19.7. The van der Waals surface area contributed by atoms with Gasteiger partial charge >= 0.3 is 0 Å². The minimum absolute atomic E-state index is 0.0752. The predicted molar refractivity (Wildman–Crippen MR) is 129 cm³/mol. The second-order valence-electron chi connectivity index (χ2n) is 7.16. The highest BCUT2D eigenvalue weighted by Crippen LogP contribution is 2.30. The summed E-state index contributed by atoms with van der Waals surface area (Å²) in [6.45, 7) is 0. The number of phenols is 2. The molecule has 34 heavy (non-hydrogen) atoms. The number of benzene rings is 4. The molecule has 0 radical (unpaired) electrons. The van der Waals surface area contributed by atoms with E-state index in [9.17, 15) is 19.8 Å². The van der Waals surface area contributed by atoms with Crippen molar-refractivity contribution in [2.75, 3.05) is 14.2 Å². The van der Waals surface area contributed by atoms with Gasteiger partial charge in [-0.25, -0.2) is 0 Å². The molecule has 0 unspecified atom stereocenters. The first kappa shape index (κ1) is 24.1. The predicted octanol–water partition coefficient (Wildman–Crippen LogP) is 5.26. The molecular weight excluding hydrogens is 432 g/mol. The minimum Gasteiger partial charge on any atom is -0.507 e. The lowest BCUT2D eigenvalue weighted by Gasteiger charge is -2.08. The lowest BCUT2D eigenvalue weighted by Crippen LogP contribution is -2.02. The Morgan fingerprint density at radius 3 is 1.26 bits per heavy atom. The van der Waals surface area contributed by atoms with Crippen LogP contribution in [-0.2, 0) is 0 Å². The number of methoxy groups -OCH3 is 2. The number of carbonyl (C=O) groups excluding carboxylic acids is 2. The lowest BCUT2D eigenvalue weighted by atomic mass is 10.0. The molecule has 0 amide bonds. The molecule has 0 fully saturated rings. The molecule has 0 saturated carbocycles. The third-order valence-corrected chi connectivity index (χ3v) is 4.97. The van der Waals surface area contributed by atoms with Gasteiger partial charge in [0.05, 0.1) is 25.3 Å². The van der Waals surface area contributed by atoms with Gasteiger partial charge in [0.1, 0.15) is 23.0 Å². The summed E-state index contributed by atoms with van der Waals surface area (Å²) in [6, 6.07) is 27.3. The Morgan fingerprint density at radius 2 is 0.941 bits per heavy atom. The second-order valence-corrected chi connectivity index (χ2v) is 7.16. The first-order valence-corrected chi connectivity index (χ1v) is 10.4. The molecule has 0 aliphatic carbocycles. The van der Waals surface area contributed by atoms with Crippen molar-refractivity contribution in [2.24, 2.45) is 0 Å². The van der Waals surface area contributed by atoms with Gasteiger partial charge in [-0.05, 0) is 24.3 Å². The number of aromatic hydroxyl groups is 2. The zero-order valence-electron chi connectivity index (χ0n) is 18.8. The van der Waals surface area contributed by atoms with E-state index in [1.165, 1.54) is 38.5 Å². The van der Waals surface area contributed by atoms with Crippen LogP contribution in [0.5, 0.6) is 23.0 Å². The van der Waals surface area contributed by atoms with Crippen molar-refractivity contribution in [1.29, 1.82) is 0 Å². The fourth-order valence-corrected chi connectivity index (χ4v) is 3.15. The van der Waals surface area contributed by atoms with Crippen LogP contribution in [0.1, 0.15) is 31.8 Å². The summed E-state index contributed by atoms with van der Waals surface area (Å²) in [4.78, 5) is 24.1. The van der Waals surface area contributed by atoms with Crippen LogP contribution >= 0.6 is 0 Å². The van der Waals surface area contributed by atoms with E-state index in [-0.39, 0.29) is 28.4 Å². The van der Waals surface area contributed by atoms with Gasteiger partial charge in [0.25, 0.3) is 0 Å². The van der Waals surface area contributed by atoms with Gasteiger partial charge in [-0.2, -0.15) is 0 Å². The Balaban J connectivity index is 0.000000202. The standard InChI is InChI=1S/C15H14O5.C13H10O/c1-19-9-3-5-11(13(16)7-9)15(18)12-6-4-10(20-2)8-14(12)17;14-13(11-7-3-1-4-8-11)12-9-5-2-6-10-12/h3-8,16-17H,1-2H3;1-10H. The Labute approximate surface area is 197 Å². The van der Waals surface area contributed by atoms with Crippen molar-refractivity contribution >= 4 is 11.6 Å². The summed E-state index contributed by atoms with van der Waals surface area (Å²) in [7, 11) is 2.93. The molecule has 4 aromatic rings. The van der Waals surface area contributed by atoms with Gasteiger partial charge in [0.2, 0.25) is 0 Å². The minimum atomic E-state index is -0.481. The highest BCUT2D eigenvalue weighted by atomic mass is 16.5. The van der Waals surface area contributed by atoms with Crippen LogP contribution in [0.15, 0.2) is 97.1 Å². The maximum atomic E-state index is 12.3. The number of hydrogen-bond donors (Lipinski definition) is 2. The van der Waals surface area contributed by atoms with Gasteiger partial charge in [-0.1, -0.05) is 60.7 Å². The van der Waals surface area contributed by atoms with Crippen molar-refractivity contribution in [3.05, 3.63) is 119 Å². The highest BCUT2D eigenvalue weighted by Gasteiger charge is 2.18. The van der Waals surface area contributed by atoms with Gasteiger partial charge in [-0.3, -0.25) is 9.59 Å². The van der Waals surface area contributed by atoms with Crippen LogP contribution in [0.3, 0.4) is 0 Å². The smallest absolute Gasteiger partial charge is 0.200 e. The van der Waals surface area contributed by atoms with E-state index in [1.807, 2.05) is 60.7 Å². The topological polar surface area (TPSA) is 93.1 Å². The Kier molecular flexibility index (Phi) is 8.02. The third kappa shape index (κ3) is 5.81. The highest BCUT2D eigenvalue weighted by molar-refractivity contribution is 6.12. The Morgan fingerprint density at radius 1 is 0.559 bits per heavy atom. The van der Waals surface area contributed by atoms with E-state index < -0.39 is 5.78 Å². The zero-order valence-corrected chi connectivity index (χ0v) is 18.8. The number of phenolic OH excluding ortho intramolecular Hbond substituents is 2. The maximum Gasteiger partial charge on any atom is 0.200 e. The molecule has 2 N–H and O–H groups in total. The molecule has 6 heteroatoms. The Bertz CT molecular complexity index is 1170. The second kappa shape index (κ2) is 11.3. The van der Waals surface area contributed by atoms with E-state index in [4.69, 9.17) is 9.47 Å². The first-order valence-electron chi connectivity index (χ1n) is 10.4. The van der Waals surface area contributed by atoms with E-state index in [1.54, 1.807) is 12.1 Å². The number of hydrogen-bond acceptors (Lipinski definition) is 6. The molecule has 0 bridgehead atoms. The van der Waals surface area contributed by atoms with Crippen molar-refractivity contribution in [3.8, 4) is 23.0 Å². The zero-order chi connectivity index (χ0) is 24.5. The lowest BCUT2D eigenvalue weighted by molar-refractivity contribution is 0.102. The van der Waals surface area contributed by atoms with Gasteiger partial charge in [-0.15, -0.1) is 0 Å². The summed E-state index contributed by atoms with van der Waals surface area (Å²) in [5.41, 5.74) is 1.65. The van der Waals surface area contributed by atoms with Crippen molar-refractivity contribution in [2.45, 2.75) is 0 Å². The van der Waals surface area contributed by atoms with E-state index in [2.05, 4.69) is 0 Å². The van der Waals surface area contributed by atoms with Crippen LogP contribution in [0, 0.1) is 0 Å². The molecule has 0 spiro atoms. The molecule has 172 valence electrons. The van der Waals surface area contributed by atoms with Gasteiger partial charge < -0.3 is 19.7 Å². The van der Waals surface area contributed by atoms with Crippen LogP contribution in [0.4, 0.5) is 0 Å². The maximum absolute atomic E-state index is 12.3. The Hall–Kier alpha value is -4.58. The van der Waals surface area contributed by atoms with Crippen molar-refractivity contribution in [1.82, 2.24) is 0 Å².